The summed E-state index contributed by atoms with van der Waals surface area (Å²) < 4.78 is 5.08. The third kappa shape index (κ3) is 1.10. The molecule has 1 fully saturated rings. The van der Waals surface area contributed by atoms with Crippen LogP contribution in [-0.4, -0.2) is 24.9 Å². The van der Waals surface area contributed by atoms with Crippen LogP contribution in [0.15, 0.2) is 23.9 Å². The standard InChI is InChI=1S/C9H9NO3/c1-13-6-4-2-3-5-7(6)8(11)9(12)10-5/h2-4,6-7H,1H3,(H,10,12). The molecule has 0 aromatic heterocycles. The Balaban J connectivity index is 2.35. The van der Waals surface area contributed by atoms with Crippen molar-refractivity contribution in [3.8, 4) is 0 Å². The monoisotopic (exact) mass is 179 g/mol. The Morgan fingerprint density at radius 1 is 1.46 bits per heavy atom. The summed E-state index contributed by atoms with van der Waals surface area (Å²) in [5.41, 5.74) is 0.643. The maximum absolute atomic E-state index is 11.3. The first-order valence-corrected chi connectivity index (χ1v) is 4.00. The number of nitrogens with one attached hydrogen (secondary N) is 1. The van der Waals surface area contributed by atoms with E-state index in [4.69, 9.17) is 4.74 Å². The second kappa shape index (κ2) is 2.81. The topological polar surface area (TPSA) is 55.4 Å². The van der Waals surface area contributed by atoms with E-state index < -0.39 is 17.6 Å². The molecule has 1 amide bonds. The number of hydrogen-bond acceptors (Lipinski definition) is 3. The van der Waals surface area contributed by atoms with Gasteiger partial charge in [-0.3, -0.25) is 9.59 Å². The lowest BCUT2D eigenvalue weighted by molar-refractivity contribution is -0.137. The average Bonchev–Trinajstić information content (AvgIpc) is 2.43. The molecule has 2 unspecified atom stereocenters. The fraction of sp³-hybridized carbons (Fsp3) is 0.333. The molecule has 1 N–H and O–H groups in total. The van der Waals surface area contributed by atoms with Gasteiger partial charge in [-0.1, -0.05) is 12.2 Å². The summed E-state index contributed by atoms with van der Waals surface area (Å²) >= 11 is 0. The van der Waals surface area contributed by atoms with Gasteiger partial charge in [0, 0.05) is 12.8 Å². The van der Waals surface area contributed by atoms with Crippen LogP contribution >= 0.6 is 0 Å². The summed E-state index contributed by atoms with van der Waals surface area (Å²) in [4.78, 5) is 22.4. The van der Waals surface area contributed by atoms with Gasteiger partial charge in [-0.2, -0.15) is 0 Å². The van der Waals surface area contributed by atoms with Crippen molar-refractivity contribution in [1.82, 2.24) is 5.32 Å². The highest BCUT2D eigenvalue weighted by molar-refractivity contribution is 6.40. The van der Waals surface area contributed by atoms with Crippen LogP contribution < -0.4 is 5.32 Å². The maximum atomic E-state index is 11.3. The molecule has 1 saturated heterocycles. The molecule has 2 atom stereocenters. The normalized spacial score (nSPS) is 31.3. The minimum Gasteiger partial charge on any atom is -0.376 e. The van der Waals surface area contributed by atoms with Gasteiger partial charge in [0.2, 0.25) is 5.78 Å². The molecule has 0 radical (unpaired) electrons. The average molecular weight is 179 g/mol. The predicted octanol–water partition coefficient (Wildman–Crippen LogP) is -0.230. The first-order chi connectivity index (χ1) is 6.24. The summed E-state index contributed by atoms with van der Waals surface area (Å²) in [5.74, 6) is -1.41. The summed E-state index contributed by atoms with van der Waals surface area (Å²) in [6.45, 7) is 0. The molecule has 1 aliphatic heterocycles. The Labute approximate surface area is 75.3 Å². The third-order valence-electron chi connectivity index (χ3n) is 2.28. The number of allylic oxidation sites excluding steroid dienone is 2. The summed E-state index contributed by atoms with van der Waals surface area (Å²) in [7, 11) is 1.52. The van der Waals surface area contributed by atoms with Crippen LogP contribution in [0.4, 0.5) is 0 Å². The van der Waals surface area contributed by atoms with Crippen LogP contribution in [0.5, 0.6) is 0 Å². The highest BCUT2D eigenvalue weighted by Crippen LogP contribution is 2.26. The minimum absolute atomic E-state index is 0.313. The number of ketones is 1. The van der Waals surface area contributed by atoms with Crippen LogP contribution in [-0.2, 0) is 14.3 Å². The van der Waals surface area contributed by atoms with Crippen molar-refractivity contribution in [2.45, 2.75) is 6.10 Å². The number of carbonyl (C=O) groups is 2. The van der Waals surface area contributed by atoms with Crippen molar-refractivity contribution in [2.24, 2.45) is 5.92 Å². The van der Waals surface area contributed by atoms with Crippen molar-refractivity contribution < 1.29 is 14.3 Å². The number of carbonyl (C=O) groups excluding carboxylic acids is 2. The molecular formula is C9H9NO3. The van der Waals surface area contributed by atoms with E-state index in [2.05, 4.69) is 5.32 Å². The molecular weight excluding hydrogens is 170 g/mol. The van der Waals surface area contributed by atoms with Crippen molar-refractivity contribution in [3.63, 3.8) is 0 Å². The Bertz CT molecular complexity index is 330. The molecule has 2 rings (SSSR count). The van der Waals surface area contributed by atoms with E-state index in [9.17, 15) is 9.59 Å². The second-order valence-electron chi connectivity index (χ2n) is 3.00. The van der Waals surface area contributed by atoms with Gasteiger partial charge in [0.1, 0.15) is 0 Å². The molecule has 1 aliphatic carbocycles. The van der Waals surface area contributed by atoms with Gasteiger partial charge < -0.3 is 10.1 Å². The number of fused-ring (bicyclic) bond motifs is 1. The highest BCUT2D eigenvalue weighted by Gasteiger charge is 2.42. The van der Waals surface area contributed by atoms with Gasteiger partial charge in [-0.15, -0.1) is 0 Å². The molecule has 2 aliphatic rings. The maximum Gasteiger partial charge on any atom is 0.292 e. The molecule has 0 saturated carbocycles. The lowest BCUT2D eigenvalue weighted by atomic mass is 9.93. The van der Waals surface area contributed by atoms with Gasteiger partial charge >= 0.3 is 0 Å². The molecule has 0 aromatic carbocycles. The van der Waals surface area contributed by atoms with E-state index in [1.165, 1.54) is 7.11 Å². The Morgan fingerprint density at radius 2 is 2.23 bits per heavy atom. The van der Waals surface area contributed by atoms with E-state index in [1.54, 1.807) is 18.2 Å². The van der Waals surface area contributed by atoms with Gasteiger partial charge in [-0.25, -0.2) is 0 Å². The predicted molar refractivity (Wildman–Crippen MR) is 44.7 cm³/mol. The molecule has 4 heteroatoms. The fourth-order valence-corrected chi connectivity index (χ4v) is 1.62. The molecule has 68 valence electrons. The quantitative estimate of drug-likeness (QED) is 0.566. The number of rotatable bonds is 1. The summed E-state index contributed by atoms with van der Waals surface area (Å²) in [6, 6.07) is 0. The first kappa shape index (κ1) is 8.19. The highest BCUT2D eigenvalue weighted by atomic mass is 16.5. The van der Waals surface area contributed by atoms with Gasteiger partial charge in [-0.05, 0) is 6.08 Å². The molecule has 0 bridgehead atoms. The zero-order valence-corrected chi connectivity index (χ0v) is 7.11. The minimum atomic E-state index is -0.540. The van der Waals surface area contributed by atoms with E-state index >= 15 is 0 Å². The molecule has 13 heavy (non-hydrogen) atoms. The number of amides is 1. The first-order valence-electron chi connectivity index (χ1n) is 4.00. The van der Waals surface area contributed by atoms with E-state index in [0.29, 0.717) is 5.70 Å². The summed E-state index contributed by atoms with van der Waals surface area (Å²) in [5, 5.41) is 2.51. The second-order valence-corrected chi connectivity index (χ2v) is 3.00. The SMILES string of the molecule is COC1C=CC=C2NC(=O)C(=O)C21. The number of Topliss-reactive ketones (excluding diaryl/α,β-unsaturated/α-hetero) is 1. The smallest absolute Gasteiger partial charge is 0.292 e. The number of methoxy groups -OCH3 is 1. The fourth-order valence-electron chi connectivity index (χ4n) is 1.62. The number of hydrogen-bond donors (Lipinski definition) is 1. The van der Waals surface area contributed by atoms with Gasteiger partial charge in [0.05, 0.1) is 12.0 Å². The van der Waals surface area contributed by atoms with E-state index in [-0.39, 0.29) is 6.10 Å². The van der Waals surface area contributed by atoms with Crippen LogP contribution in [0.3, 0.4) is 0 Å². The van der Waals surface area contributed by atoms with Gasteiger partial charge in [0.25, 0.3) is 5.91 Å². The zero-order valence-electron chi connectivity index (χ0n) is 7.11. The lowest BCUT2D eigenvalue weighted by Crippen LogP contribution is -2.28. The zero-order chi connectivity index (χ0) is 9.42. The Hall–Kier alpha value is -1.42. The van der Waals surface area contributed by atoms with Gasteiger partial charge in [0.15, 0.2) is 0 Å². The largest absolute Gasteiger partial charge is 0.376 e. The van der Waals surface area contributed by atoms with Crippen LogP contribution in [0, 0.1) is 5.92 Å². The molecule has 0 spiro atoms. The molecule has 1 heterocycles. The van der Waals surface area contributed by atoms with Crippen LogP contribution in [0.1, 0.15) is 0 Å². The van der Waals surface area contributed by atoms with E-state index in [1.807, 2.05) is 0 Å². The number of ether oxygens (including phenoxy) is 1. The molecule has 0 aromatic rings. The lowest BCUT2D eigenvalue weighted by Gasteiger charge is -2.19. The van der Waals surface area contributed by atoms with Crippen LogP contribution in [0.2, 0.25) is 0 Å². The van der Waals surface area contributed by atoms with Crippen molar-refractivity contribution in [3.05, 3.63) is 23.9 Å². The van der Waals surface area contributed by atoms with Crippen molar-refractivity contribution in [1.29, 1.82) is 0 Å². The third-order valence-corrected chi connectivity index (χ3v) is 2.28. The molecule has 4 nitrogen and oxygen atoms in total. The Morgan fingerprint density at radius 3 is 2.92 bits per heavy atom. The van der Waals surface area contributed by atoms with Crippen molar-refractivity contribution in [2.75, 3.05) is 7.11 Å². The van der Waals surface area contributed by atoms with Crippen molar-refractivity contribution >= 4 is 11.7 Å². The summed E-state index contributed by atoms with van der Waals surface area (Å²) in [6.07, 6.45) is 4.96. The van der Waals surface area contributed by atoms with E-state index in [0.717, 1.165) is 0 Å². The van der Waals surface area contributed by atoms with Crippen LogP contribution in [0.25, 0.3) is 0 Å². The Kier molecular flexibility index (Phi) is 1.77.